The lowest BCUT2D eigenvalue weighted by molar-refractivity contribution is 0.133. The molecule has 0 bridgehead atoms. The van der Waals surface area contributed by atoms with Crippen LogP contribution < -0.4 is 5.32 Å². The van der Waals surface area contributed by atoms with Crippen molar-refractivity contribution in [3.8, 4) is 0 Å². The van der Waals surface area contributed by atoms with Gasteiger partial charge in [0, 0.05) is 0 Å². The summed E-state index contributed by atoms with van der Waals surface area (Å²) in [5.74, 6) is -0.0184. The van der Waals surface area contributed by atoms with Gasteiger partial charge in [-0.1, -0.05) is 12.1 Å². The smallest absolute Gasteiger partial charge is 0.133 e. The molecule has 1 aliphatic heterocycles. The molecular weight excluding hydrogens is 220 g/mol. The number of piperidine rings is 1. The first-order valence-electron chi connectivity index (χ1n) is 6.23. The summed E-state index contributed by atoms with van der Waals surface area (Å²) in [6.45, 7) is 3.45. The Bertz CT molecular complexity index is 370. The van der Waals surface area contributed by atoms with E-state index < -0.39 is 5.67 Å². The van der Waals surface area contributed by atoms with Crippen molar-refractivity contribution in [3.63, 3.8) is 0 Å². The Hall–Kier alpha value is -0.960. The Labute approximate surface area is 101 Å². The highest BCUT2D eigenvalue weighted by Crippen LogP contribution is 2.34. The largest absolute Gasteiger partial charge is 0.316 e. The summed E-state index contributed by atoms with van der Waals surface area (Å²) in [4.78, 5) is 0. The van der Waals surface area contributed by atoms with Gasteiger partial charge in [-0.3, -0.25) is 0 Å². The van der Waals surface area contributed by atoms with Crippen molar-refractivity contribution in [3.05, 3.63) is 35.6 Å². The SMILES string of the molecule is CC(F)(CC1CCCNC1)c1cccc(F)c1. The van der Waals surface area contributed by atoms with Gasteiger partial charge >= 0.3 is 0 Å². The van der Waals surface area contributed by atoms with Crippen molar-refractivity contribution in [1.29, 1.82) is 0 Å². The van der Waals surface area contributed by atoms with E-state index in [0.717, 1.165) is 25.9 Å². The van der Waals surface area contributed by atoms with E-state index in [4.69, 9.17) is 0 Å². The van der Waals surface area contributed by atoms with Gasteiger partial charge in [0.1, 0.15) is 11.5 Å². The topological polar surface area (TPSA) is 12.0 Å². The maximum atomic E-state index is 14.6. The molecule has 0 aliphatic carbocycles. The summed E-state index contributed by atoms with van der Waals surface area (Å²) in [6.07, 6.45) is 2.62. The molecule has 0 radical (unpaired) electrons. The van der Waals surface area contributed by atoms with Crippen molar-refractivity contribution in [1.82, 2.24) is 5.32 Å². The molecule has 1 aliphatic rings. The second-order valence-electron chi connectivity index (χ2n) is 5.12. The first-order valence-corrected chi connectivity index (χ1v) is 6.23. The molecule has 0 saturated carbocycles. The van der Waals surface area contributed by atoms with Gasteiger partial charge in [-0.05, 0) is 62.9 Å². The van der Waals surface area contributed by atoms with Gasteiger partial charge in [0.05, 0.1) is 0 Å². The molecule has 1 fully saturated rings. The molecule has 3 heteroatoms. The van der Waals surface area contributed by atoms with Gasteiger partial charge in [0.25, 0.3) is 0 Å². The molecular formula is C14H19F2N. The summed E-state index contributed by atoms with van der Waals surface area (Å²) in [5, 5.41) is 3.28. The van der Waals surface area contributed by atoms with E-state index >= 15 is 0 Å². The van der Waals surface area contributed by atoms with E-state index in [2.05, 4.69) is 5.32 Å². The third-order valence-electron chi connectivity index (χ3n) is 3.50. The average molecular weight is 239 g/mol. The minimum absolute atomic E-state index is 0.349. The minimum Gasteiger partial charge on any atom is -0.316 e. The summed E-state index contributed by atoms with van der Waals surface area (Å²) in [7, 11) is 0. The Morgan fingerprint density at radius 2 is 2.29 bits per heavy atom. The molecule has 2 rings (SSSR count). The molecule has 17 heavy (non-hydrogen) atoms. The van der Waals surface area contributed by atoms with Gasteiger partial charge in [0.15, 0.2) is 0 Å². The van der Waals surface area contributed by atoms with Crippen LogP contribution in [0.15, 0.2) is 24.3 Å². The van der Waals surface area contributed by atoms with Crippen LogP contribution in [0.4, 0.5) is 8.78 Å². The van der Waals surface area contributed by atoms with E-state index in [-0.39, 0.29) is 5.82 Å². The highest BCUT2D eigenvalue weighted by atomic mass is 19.1. The molecule has 0 aromatic heterocycles. The van der Waals surface area contributed by atoms with Gasteiger partial charge in [-0.25, -0.2) is 8.78 Å². The fourth-order valence-electron chi connectivity index (χ4n) is 2.57. The maximum Gasteiger partial charge on any atom is 0.133 e. The number of hydrogen-bond acceptors (Lipinski definition) is 1. The Balaban J connectivity index is 2.06. The average Bonchev–Trinajstić information content (AvgIpc) is 2.30. The number of rotatable bonds is 3. The predicted molar refractivity (Wildman–Crippen MR) is 65.1 cm³/mol. The highest BCUT2D eigenvalue weighted by molar-refractivity contribution is 5.22. The molecule has 0 spiro atoms. The quantitative estimate of drug-likeness (QED) is 0.852. The van der Waals surface area contributed by atoms with E-state index in [0.29, 0.717) is 17.9 Å². The van der Waals surface area contributed by atoms with Crippen LogP contribution in [0.1, 0.15) is 31.7 Å². The van der Waals surface area contributed by atoms with Crippen molar-refractivity contribution in [2.45, 2.75) is 31.9 Å². The Kier molecular flexibility index (Phi) is 3.77. The van der Waals surface area contributed by atoms with E-state index in [1.165, 1.54) is 12.1 Å². The zero-order valence-electron chi connectivity index (χ0n) is 10.2. The van der Waals surface area contributed by atoms with Crippen LogP contribution in [-0.4, -0.2) is 13.1 Å². The van der Waals surface area contributed by atoms with Crippen LogP contribution in [0, 0.1) is 11.7 Å². The monoisotopic (exact) mass is 239 g/mol. The van der Waals surface area contributed by atoms with E-state index in [1.807, 2.05) is 0 Å². The molecule has 2 atom stereocenters. The van der Waals surface area contributed by atoms with E-state index in [9.17, 15) is 8.78 Å². The first-order chi connectivity index (χ1) is 8.08. The van der Waals surface area contributed by atoms with Crippen LogP contribution in [0.3, 0.4) is 0 Å². The highest BCUT2D eigenvalue weighted by Gasteiger charge is 2.30. The molecule has 1 saturated heterocycles. The summed E-state index contributed by atoms with van der Waals surface area (Å²) in [6, 6.07) is 5.89. The van der Waals surface area contributed by atoms with Crippen LogP contribution in [0.5, 0.6) is 0 Å². The lowest BCUT2D eigenvalue weighted by Gasteiger charge is -2.29. The molecule has 94 valence electrons. The fraction of sp³-hybridized carbons (Fsp3) is 0.571. The second kappa shape index (κ2) is 5.13. The third kappa shape index (κ3) is 3.25. The Morgan fingerprint density at radius 3 is 2.94 bits per heavy atom. The zero-order valence-corrected chi connectivity index (χ0v) is 10.2. The first kappa shape index (κ1) is 12.5. The fourth-order valence-corrected chi connectivity index (χ4v) is 2.57. The van der Waals surface area contributed by atoms with Gasteiger partial charge in [-0.15, -0.1) is 0 Å². The number of hydrogen-bond donors (Lipinski definition) is 1. The van der Waals surface area contributed by atoms with Crippen molar-refractivity contribution in [2.75, 3.05) is 13.1 Å². The maximum absolute atomic E-state index is 14.6. The minimum atomic E-state index is -1.44. The molecule has 1 aromatic carbocycles. The van der Waals surface area contributed by atoms with Gasteiger partial charge in [0.2, 0.25) is 0 Å². The number of alkyl halides is 1. The van der Waals surface area contributed by atoms with Crippen molar-refractivity contribution < 1.29 is 8.78 Å². The molecule has 1 aromatic rings. The predicted octanol–water partition coefficient (Wildman–Crippen LogP) is 3.40. The number of benzene rings is 1. The second-order valence-corrected chi connectivity index (χ2v) is 5.12. The third-order valence-corrected chi connectivity index (χ3v) is 3.50. The van der Waals surface area contributed by atoms with Gasteiger partial charge < -0.3 is 5.32 Å². The van der Waals surface area contributed by atoms with Crippen LogP contribution in [0.2, 0.25) is 0 Å². The van der Waals surface area contributed by atoms with Crippen LogP contribution in [0.25, 0.3) is 0 Å². The number of halogens is 2. The molecule has 1 heterocycles. The van der Waals surface area contributed by atoms with E-state index in [1.54, 1.807) is 19.1 Å². The van der Waals surface area contributed by atoms with Crippen LogP contribution >= 0.6 is 0 Å². The molecule has 1 N–H and O–H groups in total. The zero-order chi connectivity index (χ0) is 12.3. The normalized spacial score (nSPS) is 24.3. The summed E-state index contributed by atoms with van der Waals surface area (Å²) < 4.78 is 27.7. The molecule has 1 nitrogen and oxygen atoms in total. The lowest BCUT2D eigenvalue weighted by atomic mass is 9.84. The Morgan fingerprint density at radius 1 is 1.47 bits per heavy atom. The van der Waals surface area contributed by atoms with Crippen LogP contribution in [-0.2, 0) is 5.67 Å². The molecule has 2 unspecified atom stereocenters. The van der Waals surface area contributed by atoms with Crippen molar-refractivity contribution >= 4 is 0 Å². The van der Waals surface area contributed by atoms with Gasteiger partial charge in [-0.2, -0.15) is 0 Å². The lowest BCUT2D eigenvalue weighted by Crippen LogP contribution is -2.33. The summed E-state index contributed by atoms with van der Waals surface area (Å²) >= 11 is 0. The standard InChI is InChI=1S/C14H19F2N/c1-14(16,9-11-4-3-7-17-10-11)12-5-2-6-13(15)8-12/h2,5-6,8,11,17H,3-4,7,9-10H2,1H3. The van der Waals surface area contributed by atoms with Crippen molar-refractivity contribution in [2.24, 2.45) is 5.92 Å². The molecule has 0 amide bonds. The number of nitrogens with one attached hydrogen (secondary N) is 1. The summed E-state index contributed by atoms with van der Waals surface area (Å²) in [5.41, 5.74) is -0.991.